The maximum Gasteiger partial charge on any atom is 0 e. The minimum Gasteiger partial charge on any atom is 0 e. The molecular formula is C47H49GeIrN3O-2. The fourth-order valence-electron chi connectivity index (χ4n) is 7.42. The van der Waals surface area contributed by atoms with Crippen molar-refractivity contribution in [1.29, 1.82) is 0 Å². The molecule has 4 heterocycles. The van der Waals surface area contributed by atoms with Crippen molar-refractivity contribution in [2.24, 2.45) is 5.92 Å². The number of pyridine rings is 3. The van der Waals surface area contributed by atoms with Crippen LogP contribution in [-0.4, -0.2) is 28.2 Å². The molecule has 7 aromatic rings. The van der Waals surface area contributed by atoms with Crippen LogP contribution in [0, 0.1) is 25.0 Å². The Labute approximate surface area is 331 Å². The number of furan rings is 1. The van der Waals surface area contributed by atoms with Crippen molar-refractivity contribution < 1.29 is 24.5 Å². The monoisotopic (exact) mass is 938 g/mol. The van der Waals surface area contributed by atoms with Crippen LogP contribution in [-0.2, 0) is 31.9 Å². The molecule has 8 rings (SSSR count). The molecule has 1 aliphatic carbocycles. The molecule has 0 saturated heterocycles. The van der Waals surface area contributed by atoms with E-state index in [0.717, 1.165) is 61.6 Å². The first-order valence-corrected chi connectivity index (χ1v) is 26.0. The van der Waals surface area contributed by atoms with Gasteiger partial charge in [-0.05, 0) is 34.9 Å². The maximum atomic E-state index is 6.32. The van der Waals surface area contributed by atoms with Gasteiger partial charge in [-0.15, -0.1) is 17.7 Å². The third-order valence-electron chi connectivity index (χ3n) is 10.3. The average Bonchev–Trinajstić information content (AvgIpc) is 3.80. The van der Waals surface area contributed by atoms with Crippen LogP contribution in [0.4, 0.5) is 0 Å². The van der Waals surface area contributed by atoms with Crippen LogP contribution < -0.4 is 4.40 Å². The predicted molar refractivity (Wildman–Crippen MR) is 220 cm³/mol. The van der Waals surface area contributed by atoms with E-state index in [-0.39, 0.29) is 25.5 Å². The van der Waals surface area contributed by atoms with Crippen LogP contribution >= 0.6 is 0 Å². The number of aromatic nitrogens is 3. The van der Waals surface area contributed by atoms with Crippen molar-refractivity contribution in [3.05, 3.63) is 132 Å². The summed E-state index contributed by atoms with van der Waals surface area (Å²) < 4.78 is 7.91. The first kappa shape index (κ1) is 38.8. The first-order valence-electron chi connectivity index (χ1n) is 18.7. The van der Waals surface area contributed by atoms with E-state index in [1.54, 1.807) is 9.96 Å². The van der Waals surface area contributed by atoms with E-state index in [1.165, 1.54) is 37.7 Å². The minimum atomic E-state index is -1.87. The van der Waals surface area contributed by atoms with Crippen LogP contribution in [0.25, 0.3) is 55.8 Å². The zero-order chi connectivity index (χ0) is 36.5. The van der Waals surface area contributed by atoms with E-state index in [4.69, 9.17) is 14.4 Å². The summed E-state index contributed by atoms with van der Waals surface area (Å²) in [5.74, 6) is 8.31. The van der Waals surface area contributed by atoms with Gasteiger partial charge in [0.15, 0.2) is 0 Å². The Morgan fingerprint density at radius 3 is 2.28 bits per heavy atom. The van der Waals surface area contributed by atoms with Crippen molar-refractivity contribution in [3.8, 4) is 33.8 Å². The number of hydrogen-bond donors (Lipinski definition) is 0. The van der Waals surface area contributed by atoms with Crippen molar-refractivity contribution in [2.75, 3.05) is 0 Å². The smallest absolute Gasteiger partial charge is 0 e. The molecule has 4 nitrogen and oxygen atoms in total. The van der Waals surface area contributed by atoms with Gasteiger partial charge in [-0.1, -0.05) is 75.0 Å². The van der Waals surface area contributed by atoms with Gasteiger partial charge >= 0.3 is 137 Å². The summed E-state index contributed by atoms with van der Waals surface area (Å²) >= 11 is -1.87. The normalized spacial score (nSPS) is 13.5. The molecule has 0 N–H and O–H groups in total. The Kier molecular flexibility index (Phi) is 11.9. The van der Waals surface area contributed by atoms with Crippen LogP contribution in [0.3, 0.4) is 0 Å². The Balaban J connectivity index is 0.000000187. The zero-order valence-electron chi connectivity index (χ0n) is 32.0. The molecule has 1 radical (unpaired) electrons. The number of hydrogen-bond acceptors (Lipinski definition) is 4. The van der Waals surface area contributed by atoms with Gasteiger partial charge in [-0.2, -0.15) is 0 Å². The van der Waals surface area contributed by atoms with Gasteiger partial charge in [0.25, 0.3) is 0 Å². The summed E-state index contributed by atoms with van der Waals surface area (Å²) in [5.41, 5.74) is 11.3. The van der Waals surface area contributed by atoms with Gasteiger partial charge in [0.2, 0.25) is 5.71 Å². The third-order valence-corrected chi connectivity index (χ3v) is 14.7. The molecule has 0 aliphatic heterocycles. The van der Waals surface area contributed by atoms with Crippen LogP contribution in [0.15, 0.2) is 108 Å². The molecule has 0 unspecified atom stereocenters. The van der Waals surface area contributed by atoms with Crippen LogP contribution in [0.5, 0.6) is 0 Å². The van der Waals surface area contributed by atoms with E-state index >= 15 is 0 Å². The van der Waals surface area contributed by atoms with Gasteiger partial charge in [-0.3, -0.25) is 0 Å². The molecular weight excluding hydrogens is 887 g/mol. The number of nitrogens with zero attached hydrogens (tertiary/aromatic N) is 3. The second kappa shape index (κ2) is 16.2. The molecule has 0 spiro atoms. The standard InChI is InChI=1S/C27H23N2O.C20H26GeN.Ir/c1-17-10-11-20(23-16-19(14-15-28-23)27(2,3)4)25-24(17)21-12-13-22(29-26(21)30-25)18-8-6-5-7-9-18;1-21(2,3)19-15-22-20(17-11-5-4-6-12-17)14-18(19)13-16-9-7-8-10-16;/h5-10,12-16H,1-4H3;4-6,11,14-16H,7-10,13H2,1-3H3;/q2*-1;. The molecule has 6 heteroatoms. The average molecular weight is 937 g/mol. The molecule has 1 saturated carbocycles. The van der Waals surface area contributed by atoms with E-state index in [1.807, 2.05) is 42.6 Å². The zero-order valence-corrected chi connectivity index (χ0v) is 36.5. The first-order chi connectivity index (χ1) is 25.0. The summed E-state index contributed by atoms with van der Waals surface area (Å²) in [5, 5.41) is 2.10. The van der Waals surface area contributed by atoms with E-state index in [0.29, 0.717) is 5.71 Å². The molecule has 1 aliphatic rings. The summed E-state index contributed by atoms with van der Waals surface area (Å²) in [7, 11) is 0. The van der Waals surface area contributed by atoms with Crippen molar-refractivity contribution >= 4 is 39.7 Å². The summed E-state index contributed by atoms with van der Waals surface area (Å²) in [6, 6.07) is 37.8. The van der Waals surface area contributed by atoms with E-state index < -0.39 is 13.3 Å². The largest absolute Gasteiger partial charge is 0 e. The van der Waals surface area contributed by atoms with Crippen LogP contribution in [0.1, 0.15) is 63.1 Å². The second-order valence-corrected chi connectivity index (χ2v) is 26.9. The SMILES string of the molecule is Cc1c[c-]c(-c2cc(C(C)(C)C)ccn2)c2oc3nc(-c4ccccc4)ccc3c12.[CH3][Ge]([CH3])([CH3])[c]1cnc(-c2[c-]cccc2)cc1CC1CCCC1.[Ir]. The second-order valence-electron chi connectivity index (χ2n) is 16.4. The minimum absolute atomic E-state index is 0. The maximum absolute atomic E-state index is 6.32. The number of rotatable bonds is 6. The van der Waals surface area contributed by atoms with Crippen molar-refractivity contribution in [2.45, 2.75) is 82.5 Å². The molecule has 3 aromatic carbocycles. The van der Waals surface area contributed by atoms with Crippen molar-refractivity contribution in [3.63, 3.8) is 0 Å². The summed E-state index contributed by atoms with van der Waals surface area (Å²) in [6.45, 7) is 8.70. The van der Waals surface area contributed by atoms with Gasteiger partial charge in [0, 0.05) is 37.3 Å². The van der Waals surface area contributed by atoms with Gasteiger partial charge in [-0.25, -0.2) is 4.98 Å². The fourth-order valence-corrected chi connectivity index (χ4v) is 10.8. The van der Waals surface area contributed by atoms with Crippen molar-refractivity contribution in [1.82, 2.24) is 15.0 Å². The fraction of sp³-hybridized carbons (Fsp3) is 0.298. The molecule has 4 aromatic heterocycles. The Morgan fingerprint density at radius 1 is 0.830 bits per heavy atom. The molecule has 1 fully saturated rings. The number of aryl methyl sites for hydroxylation is 1. The summed E-state index contributed by atoms with van der Waals surface area (Å²) in [6.07, 6.45) is 10.9. The number of fused-ring (bicyclic) bond motifs is 3. The van der Waals surface area contributed by atoms with Gasteiger partial charge in [0.05, 0.1) is 11.3 Å². The number of benzene rings is 3. The Hall–Kier alpha value is -3.90. The van der Waals surface area contributed by atoms with Gasteiger partial charge in [0.1, 0.15) is 0 Å². The van der Waals surface area contributed by atoms with E-state index in [2.05, 4.69) is 123 Å². The third kappa shape index (κ3) is 8.75. The molecule has 0 amide bonds. The quantitative estimate of drug-likeness (QED) is 0.123. The Bertz CT molecular complexity index is 2320. The Morgan fingerprint density at radius 2 is 1.58 bits per heavy atom. The van der Waals surface area contributed by atoms with Gasteiger partial charge < -0.3 is 9.40 Å². The van der Waals surface area contributed by atoms with Crippen LogP contribution in [0.2, 0.25) is 17.3 Å². The summed E-state index contributed by atoms with van der Waals surface area (Å²) in [4.78, 5) is 14.2. The predicted octanol–water partition coefficient (Wildman–Crippen LogP) is 11.9. The topological polar surface area (TPSA) is 51.8 Å². The molecule has 53 heavy (non-hydrogen) atoms. The van der Waals surface area contributed by atoms with E-state index in [9.17, 15) is 0 Å². The molecule has 0 atom stereocenters. The molecule has 273 valence electrons. The molecule has 0 bridgehead atoms.